The Bertz CT molecular complexity index is 291. The van der Waals surface area contributed by atoms with Gasteiger partial charge in [-0.3, -0.25) is 0 Å². The molecule has 0 amide bonds. The third kappa shape index (κ3) is 0.821. The zero-order chi connectivity index (χ0) is 10.8. The Balaban J connectivity index is 2.50. The summed E-state index contributed by atoms with van der Waals surface area (Å²) in [5.41, 5.74) is -4.38. The van der Waals surface area contributed by atoms with Crippen LogP contribution in [-0.4, -0.2) is 17.8 Å². The number of halogens is 6. The molecule has 2 rings (SSSR count). The maximum atomic E-state index is 13.4. The smallest absolute Gasteiger partial charge is 0.226 e. The molecule has 3 atom stereocenters. The first-order chi connectivity index (χ1) is 6.21. The lowest BCUT2D eigenvalue weighted by atomic mass is 9.86. The van der Waals surface area contributed by atoms with Crippen molar-refractivity contribution < 1.29 is 26.3 Å². The molecule has 0 aromatic rings. The van der Waals surface area contributed by atoms with E-state index in [4.69, 9.17) is 0 Å². The molecule has 2 aliphatic carbocycles. The highest BCUT2D eigenvalue weighted by Gasteiger charge is 2.80. The maximum Gasteiger partial charge on any atom is 0.429 e. The van der Waals surface area contributed by atoms with E-state index in [9.17, 15) is 26.3 Å². The molecule has 0 aromatic carbocycles. The van der Waals surface area contributed by atoms with E-state index in [1.54, 1.807) is 0 Å². The highest BCUT2D eigenvalue weighted by Crippen LogP contribution is 2.63. The van der Waals surface area contributed by atoms with Gasteiger partial charge in [0.05, 0.1) is 0 Å². The van der Waals surface area contributed by atoms with Crippen molar-refractivity contribution in [2.24, 2.45) is 11.8 Å². The average molecular weight is 216 g/mol. The van der Waals surface area contributed by atoms with E-state index in [-0.39, 0.29) is 0 Å². The van der Waals surface area contributed by atoms with Crippen LogP contribution >= 0.6 is 0 Å². The summed E-state index contributed by atoms with van der Waals surface area (Å²) in [5, 5.41) is 0. The second kappa shape index (κ2) is 2.28. The minimum atomic E-state index is -5.51. The molecule has 0 saturated heterocycles. The lowest BCUT2D eigenvalue weighted by Gasteiger charge is -2.35. The van der Waals surface area contributed by atoms with Gasteiger partial charge in [-0.05, 0) is 6.42 Å². The lowest BCUT2D eigenvalue weighted by molar-refractivity contribution is -0.305. The maximum absolute atomic E-state index is 13.4. The Morgan fingerprint density at radius 2 is 1.50 bits per heavy atom. The van der Waals surface area contributed by atoms with Crippen molar-refractivity contribution in [3.05, 3.63) is 12.2 Å². The quantitative estimate of drug-likeness (QED) is 0.431. The summed E-state index contributed by atoms with van der Waals surface area (Å²) in [7, 11) is 0. The van der Waals surface area contributed by atoms with Crippen LogP contribution in [0.25, 0.3) is 0 Å². The summed E-state index contributed by atoms with van der Waals surface area (Å²) >= 11 is 0. The van der Waals surface area contributed by atoms with Gasteiger partial charge < -0.3 is 0 Å². The molecule has 2 aliphatic rings. The van der Waals surface area contributed by atoms with Gasteiger partial charge in [-0.15, -0.1) is 0 Å². The fraction of sp³-hybridized carbons (Fsp3) is 0.750. The Hall–Kier alpha value is -0.680. The summed E-state index contributed by atoms with van der Waals surface area (Å²) in [6.45, 7) is 0. The average Bonchev–Trinajstić information content (AvgIpc) is 2.52. The zero-order valence-electron chi connectivity index (χ0n) is 6.78. The summed E-state index contributed by atoms with van der Waals surface area (Å²) in [6, 6.07) is 0. The van der Waals surface area contributed by atoms with Crippen LogP contribution in [0.5, 0.6) is 0 Å². The molecule has 1 unspecified atom stereocenters. The molecule has 80 valence electrons. The molecular weight excluding hydrogens is 210 g/mol. The number of rotatable bonds is 0. The molecule has 0 nitrogen and oxygen atoms in total. The van der Waals surface area contributed by atoms with Crippen LogP contribution in [0.3, 0.4) is 0 Å². The number of fused-ring (bicyclic) bond motifs is 2. The van der Waals surface area contributed by atoms with Crippen LogP contribution in [0, 0.1) is 11.8 Å². The first-order valence-corrected chi connectivity index (χ1v) is 4.03. The van der Waals surface area contributed by atoms with Gasteiger partial charge in [-0.1, -0.05) is 12.2 Å². The minimum absolute atomic E-state index is 0.455. The Labute approximate surface area is 75.6 Å². The molecule has 0 aromatic heterocycles. The summed E-state index contributed by atoms with van der Waals surface area (Å²) < 4.78 is 76.1. The van der Waals surface area contributed by atoms with Crippen LogP contribution in [-0.2, 0) is 0 Å². The highest BCUT2D eigenvalue weighted by atomic mass is 19.4. The van der Waals surface area contributed by atoms with Crippen molar-refractivity contribution in [2.75, 3.05) is 0 Å². The topological polar surface area (TPSA) is 0 Å². The van der Waals surface area contributed by atoms with Crippen molar-refractivity contribution in [3.63, 3.8) is 0 Å². The minimum Gasteiger partial charge on any atom is -0.226 e. The molecule has 14 heavy (non-hydrogen) atoms. The van der Waals surface area contributed by atoms with E-state index in [0.717, 1.165) is 12.2 Å². The monoisotopic (exact) mass is 216 g/mol. The molecule has 6 heteroatoms. The van der Waals surface area contributed by atoms with Crippen molar-refractivity contribution in [3.8, 4) is 0 Å². The first-order valence-electron chi connectivity index (χ1n) is 4.03. The highest BCUT2D eigenvalue weighted by molar-refractivity contribution is 5.27. The standard InChI is InChI=1S/C8H6F6/c9-6(8(12,13)14)4-1-2-5(3-4)7(6,10)11/h1-2,4-5H,3H2/t4-,5+,6?/m0/s1. The number of alkyl halides is 6. The number of allylic oxidation sites excluding steroid dienone is 2. The normalized spacial score (nSPS) is 44.7. The third-order valence-corrected chi connectivity index (χ3v) is 2.96. The van der Waals surface area contributed by atoms with Crippen LogP contribution < -0.4 is 0 Å². The van der Waals surface area contributed by atoms with Crippen LogP contribution in [0.2, 0.25) is 0 Å². The Morgan fingerprint density at radius 1 is 1.00 bits per heavy atom. The summed E-state index contributed by atoms with van der Waals surface area (Å²) in [4.78, 5) is 0. The molecule has 2 bridgehead atoms. The summed E-state index contributed by atoms with van der Waals surface area (Å²) in [5.74, 6) is -7.67. The molecule has 1 fully saturated rings. The first kappa shape index (κ1) is 9.86. The molecule has 0 radical (unpaired) electrons. The fourth-order valence-corrected chi connectivity index (χ4v) is 2.18. The fourth-order valence-electron chi connectivity index (χ4n) is 2.18. The largest absolute Gasteiger partial charge is 0.429 e. The van der Waals surface area contributed by atoms with Crippen molar-refractivity contribution >= 4 is 0 Å². The van der Waals surface area contributed by atoms with E-state index >= 15 is 0 Å². The van der Waals surface area contributed by atoms with Gasteiger partial charge in [-0.25, -0.2) is 13.2 Å². The Kier molecular flexibility index (Phi) is 1.60. The van der Waals surface area contributed by atoms with E-state index in [1.165, 1.54) is 0 Å². The third-order valence-electron chi connectivity index (χ3n) is 2.96. The molecule has 0 spiro atoms. The van der Waals surface area contributed by atoms with Gasteiger partial charge in [0, 0.05) is 11.8 Å². The van der Waals surface area contributed by atoms with Gasteiger partial charge in [0.2, 0.25) is 0 Å². The van der Waals surface area contributed by atoms with Crippen LogP contribution in [0.1, 0.15) is 6.42 Å². The molecular formula is C8H6F6. The van der Waals surface area contributed by atoms with E-state index < -0.39 is 36.0 Å². The lowest BCUT2D eigenvalue weighted by Crippen LogP contribution is -2.57. The van der Waals surface area contributed by atoms with Gasteiger partial charge >= 0.3 is 6.18 Å². The Morgan fingerprint density at radius 3 is 1.79 bits per heavy atom. The van der Waals surface area contributed by atoms with Crippen LogP contribution in [0.15, 0.2) is 12.2 Å². The molecule has 1 saturated carbocycles. The van der Waals surface area contributed by atoms with Crippen molar-refractivity contribution in [1.29, 1.82) is 0 Å². The molecule has 0 heterocycles. The molecule has 0 N–H and O–H groups in total. The number of hydrogen-bond donors (Lipinski definition) is 0. The van der Waals surface area contributed by atoms with Gasteiger partial charge in [0.25, 0.3) is 11.6 Å². The van der Waals surface area contributed by atoms with Gasteiger partial charge in [0.1, 0.15) is 0 Å². The number of hydrogen-bond acceptors (Lipinski definition) is 0. The predicted molar refractivity (Wildman–Crippen MR) is 35.6 cm³/mol. The van der Waals surface area contributed by atoms with Gasteiger partial charge in [0.15, 0.2) is 0 Å². The van der Waals surface area contributed by atoms with Crippen molar-refractivity contribution in [1.82, 2.24) is 0 Å². The van der Waals surface area contributed by atoms with Crippen molar-refractivity contribution in [2.45, 2.75) is 24.2 Å². The molecule has 0 aliphatic heterocycles. The van der Waals surface area contributed by atoms with E-state index in [1.807, 2.05) is 0 Å². The zero-order valence-corrected chi connectivity index (χ0v) is 6.78. The van der Waals surface area contributed by atoms with Crippen LogP contribution in [0.4, 0.5) is 26.3 Å². The van der Waals surface area contributed by atoms with E-state index in [2.05, 4.69) is 0 Å². The van der Waals surface area contributed by atoms with Gasteiger partial charge in [-0.2, -0.15) is 13.2 Å². The SMILES string of the molecule is FC(F)(F)C1(F)[C@H]2C=C[C@H](C2)C1(F)F. The second-order valence-corrected chi connectivity index (χ2v) is 3.67. The summed E-state index contributed by atoms with van der Waals surface area (Å²) in [6.07, 6.45) is -4.10. The second-order valence-electron chi connectivity index (χ2n) is 3.67. The van der Waals surface area contributed by atoms with E-state index in [0.29, 0.717) is 0 Å². The predicted octanol–water partition coefficient (Wildman–Crippen LogP) is 3.10.